The summed E-state index contributed by atoms with van der Waals surface area (Å²) in [6.45, 7) is 0. The van der Waals surface area contributed by atoms with E-state index >= 15 is 0 Å². The molecule has 0 bridgehead atoms. The summed E-state index contributed by atoms with van der Waals surface area (Å²) < 4.78 is 15.7. The van der Waals surface area contributed by atoms with E-state index in [1.165, 1.54) is 28.6 Å². The zero-order valence-electron chi connectivity index (χ0n) is 15.4. The van der Waals surface area contributed by atoms with Crippen molar-refractivity contribution in [2.75, 3.05) is 5.32 Å². The Morgan fingerprint density at radius 3 is 2.60 bits per heavy atom. The van der Waals surface area contributed by atoms with Crippen molar-refractivity contribution in [3.8, 4) is 5.69 Å². The van der Waals surface area contributed by atoms with Crippen molar-refractivity contribution in [3.05, 3.63) is 88.7 Å². The summed E-state index contributed by atoms with van der Waals surface area (Å²) in [4.78, 5) is 21.3. The van der Waals surface area contributed by atoms with E-state index in [4.69, 9.17) is 0 Å². The first kappa shape index (κ1) is 20.2. The minimum absolute atomic E-state index is 0.169. The molecule has 0 radical (unpaired) electrons. The van der Waals surface area contributed by atoms with Crippen LogP contribution in [0.15, 0.2) is 76.6 Å². The molecule has 0 fully saturated rings. The molecular formula is C20H14BrFN6OS. The Morgan fingerprint density at radius 1 is 1.10 bits per heavy atom. The molecule has 0 aliphatic rings. The van der Waals surface area contributed by atoms with Crippen LogP contribution >= 0.6 is 27.7 Å². The van der Waals surface area contributed by atoms with Crippen LogP contribution in [0.2, 0.25) is 0 Å². The van der Waals surface area contributed by atoms with E-state index in [0.717, 1.165) is 4.47 Å². The summed E-state index contributed by atoms with van der Waals surface area (Å²) >= 11 is 4.73. The number of hydrogen-bond donors (Lipinski definition) is 1. The van der Waals surface area contributed by atoms with Crippen LogP contribution in [0.5, 0.6) is 0 Å². The minimum Gasteiger partial charge on any atom is -0.320 e. The third-order valence-electron chi connectivity index (χ3n) is 4.01. The van der Waals surface area contributed by atoms with Gasteiger partial charge >= 0.3 is 0 Å². The number of halogens is 2. The molecule has 4 aromatic rings. The normalized spacial score (nSPS) is 10.7. The average molecular weight is 485 g/mol. The summed E-state index contributed by atoms with van der Waals surface area (Å²) in [5.41, 5.74) is 1.93. The number of nitrogens with one attached hydrogen (secondary N) is 1. The van der Waals surface area contributed by atoms with Gasteiger partial charge in [-0.25, -0.2) is 19.0 Å². The van der Waals surface area contributed by atoms with E-state index in [-0.39, 0.29) is 11.5 Å². The van der Waals surface area contributed by atoms with Crippen LogP contribution in [-0.4, -0.2) is 30.9 Å². The summed E-state index contributed by atoms with van der Waals surface area (Å²) in [6.07, 6.45) is 3.29. The van der Waals surface area contributed by atoms with Crippen LogP contribution in [0.25, 0.3) is 5.69 Å². The number of benzene rings is 2. The third-order valence-corrected chi connectivity index (χ3v) is 5.39. The molecule has 0 aliphatic heterocycles. The predicted octanol–water partition coefficient (Wildman–Crippen LogP) is 4.50. The van der Waals surface area contributed by atoms with Crippen molar-refractivity contribution in [3.63, 3.8) is 0 Å². The van der Waals surface area contributed by atoms with Gasteiger partial charge in [0.1, 0.15) is 5.82 Å². The smallest absolute Gasteiger partial charge is 0.278 e. The van der Waals surface area contributed by atoms with Crippen molar-refractivity contribution >= 4 is 39.3 Å². The van der Waals surface area contributed by atoms with Crippen molar-refractivity contribution in [1.82, 2.24) is 25.0 Å². The molecule has 150 valence electrons. The number of carbonyl (C=O) groups excluding carboxylic acids is 1. The monoisotopic (exact) mass is 484 g/mol. The number of amides is 1. The van der Waals surface area contributed by atoms with Gasteiger partial charge in [-0.3, -0.25) is 4.79 Å². The van der Waals surface area contributed by atoms with Crippen LogP contribution in [0.4, 0.5) is 10.1 Å². The van der Waals surface area contributed by atoms with Gasteiger partial charge in [0.25, 0.3) is 5.91 Å². The fraction of sp³-hybridized carbons (Fsp3) is 0.0500. The zero-order valence-corrected chi connectivity index (χ0v) is 17.8. The SMILES string of the molecule is O=C(Nc1cccc(Br)c1)c1nnn(-c2ccc(F)cc2)c1CSc1ncccn1. The Labute approximate surface area is 183 Å². The standard InChI is InChI=1S/C20H14BrFN6OS/c21-13-3-1-4-15(11-13)25-19(29)18-17(12-30-20-23-9-2-10-24-20)28(27-26-18)16-7-5-14(22)6-8-16/h1-11H,12H2,(H,25,29). The van der Waals surface area contributed by atoms with E-state index in [0.29, 0.717) is 28.0 Å². The second kappa shape index (κ2) is 9.14. The van der Waals surface area contributed by atoms with Crippen molar-refractivity contribution in [2.45, 2.75) is 10.9 Å². The molecule has 0 unspecified atom stereocenters. The third kappa shape index (κ3) is 4.71. The lowest BCUT2D eigenvalue weighted by atomic mass is 10.2. The second-order valence-electron chi connectivity index (χ2n) is 6.06. The first-order chi connectivity index (χ1) is 14.6. The number of anilines is 1. The van der Waals surface area contributed by atoms with Gasteiger partial charge in [0.15, 0.2) is 10.9 Å². The van der Waals surface area contributed by atoms with Gasteiger partial charge < -0.3 is 5.32 Å². The molecule has 0 atom stereocenters. The maximum atomic E-state index is 13.3. The lowest BCUT2D eigenvalue weighted by molar-refractivity contribution is 0.102. The Kier molecular flexibility index (Phi) is 6.15. The molecule has 4 rings (SSSR count). The summed E-state index contributed by atoms with van der Waals surface area (Å²) in [7, 11) is 0. The number of thioether (sulfide) groups is 1. The highest BCUT2D eigenvalue weighted by atomic mass is 79.9. The molecule has 30 heavy (non-hydrogen) atoms. The van der Waals surface area contributed by atoms with Crippen LogP contribution in [0, 0.1) is 5.82 Å². The first-order valence-corrected chi connectivity index (χ1v) is 10.6. The van der Waals surface area contributed by atoms with Crippen molar-refractivity contribution < 1.29 is 9.18 Å². The Morgan fingerprint density at radius 2 is 1.87 bits per heavy atom. The second-order valence-corrected chi connectivity index (χ2v) is 7.92. The van der Waals surface area contributed by atoms with Gasteiger partial charge in [0.05, 0.1) is 11.4 Å². The van der Waals surface area contributed by atoms with Gasteiger partial charge in [0.2, 0.25) is 0 Å². The lowest BCUT2D eigenvalue weighted by Crippen LogP contribution is -2.15. The van der Waals surface area contributed by atoms with E-state index in [2.05, 4.69) is 41.5 Å². The maximum Gasteiger partial charge on any atom is 0.278 e. The first-order valence-electron chi connectivity index (χ1n) is 8.77. The zero-order chi connectivity index (χ0) is 20.9. The molecule has 2 aromatic carbocycles. The largest absolute Gasteiger partial charge is 0.320 e. The summed E-state index contributed by atoms with van der Waals surface area (Å²) in [6, 6.07) is 14.8. The number of aromatic nitrogens is 5. The van der Waals surface area contributed by atoms with Gasteiger partial charge in [0, 0.05) is 28.3 Å². The van der Waals surface area contributed by atoms with Crippen LogP contribution in [-0.2, 0) is 5.75 Å². The van der Waals surface area contributed by atoms with Crippen molar-refractivity contribution in [2.24, 2.45) is 0 Å². The minimum atomic E-state index is -0.397. The van der Waals surface area contributed by atoms with Crippen LogP contribution < -0.4 is 5.32 Å². The fourth-order valence-corrected chi connectivity index (χ4v) is 3.84. The Bertz CT molecular complexity index is 1170. The number of rotatable bonds is 6. The van der Waals surface area contributed by atoms with Gasteiger partial charge in [-0.15, -0.1) is 5.10 Å². The molecule has 2 aromatic heterocycles. The maximum absolute atomic E-state index is 13.3. The van der Waals surface area contributed by atoms with Crippen LogP contribution in [0.1, 0.15) is 16.2 Å². The number of nitrogens with zero attached hydrogens (tertiary/aromatic N) is 5. The molecular weight excluding hydrogens is 471 g/mol. The van der Waals surface area contributed by atoms with Gasteiger partial charge in [-0.2, -0.15) is 0 Å². The highest BCUT2D eigenvalue weighted by Gasteiger charge is 2.21. The highest BCUT2D eigenvalue weighted by molar-refractivity contribution is 9.10. The molecule has 10 heteroatoms. The Hall–Kier alpha value is -3.11. The van der Waals surface area contributed by atoms with E-state index in [9.17, 15) is 9.18 Å². The summed E-state index contributed by atoms with van der Waals surface area (Å²) in [5.74, 6) is -0.415. The topological polar surface area (TPSA) is 85.6 Å². The molecule has 0 aliphatic carbocycles. The molecule has 1 amide bonds. The molecule has 0 saturated carbocycles. The van der Waals surface area contributed by atoms with E-state index in [1.54, 1.807) is 42.7 Å². The molecule has 0 spiro atoms. The number of hydrogen-bond acceptors (Lipinski definition) is 6. The van der Waals surface area contributed by atoms with Crippen LogP contribution in [0.3, 0.4) is 0 Å². The summed E-state index contributed by atoms with van der Waals surface area (Å²) in [5, 5.41) is 11.6. The molecule has 7 nitrogen and oxygen atoms in total. The quantitative estimate of drug-likeness (QED) is 0.320. The predicted molar refractivity (Wildman–Crippen MR) is 115 cm³/mol. The van der Waals surface area contributed by atoms with E-state index < -0.39 is 5.91 Å². The van der Waals surface area contributed by atoms with E-state index in [1.807, 2.05) is 12.1 Å². The fourth-order valence-electron chi connectivity index (χ4n) is 2.65. The molecule has 0 saturated heterocycles. The van der Waals surface area contributed by atoms with Gasteiger partial charge in [-0.1, -0.05) is 39.0 Å². The van der Waals surface area contributed by atoms with Gasteiger partial charge in [-0.05, 0) is 48.5 Å². The highest BCUT2D eigenvalue weighted by Crippen LogP contribution is 2.24. The molecule has 1 N–H and O–H groups in total. The molecule has 2 heterocycles. The van der Waals surface area contributed by atoms with Crippen molar-refractivity contribution in [1.29, 1.82) is 0 Å². The average Bonchev–Trinajstić information content (AvgIpc) is 3.17. The lowest BCUT2D eigenvalue weighted by Gasteiger charge is -2.08. The number of carbonyl (C=O) groups is 1. The Balaban J connectivity index is 1.66.